The highest BCUT2D eigenvalue weighted by Gasteiger charge is 1.97. The van der Waals surface area contributed by atoms with Gasteiger partial charge in [-0.2, -0.15) is 0 Å². The van der Waals surface area contributed by atoms with Gasteiger partial charge in [0.2, 0.25) is 0 Å². The second-order valence-electron chi connectivity index (χ2n) is 2.56. The van der Waals surface area contributed by atoms with Gasteiger partial charge in [0.15, 0.2) is 5.88 Å². The Morgan fingerprint density at radius 3 is 2.67 bits per heavy atom. The molecule has 0 aromatic heterocycles. The summed E-state index contributed by atoms with van der Waals surface area (Å²) < 4.78 is 5.34. The maximum absolute atomic E-state index is 8.51. The third kappa shape index (κ3) is 4.79. The molecule has 1 N–H and O–H groups in total. The molecule has 0 saturated carbocycles. The van der Waals surface area contributed by atoms with Crippen LogP contribution in [0.3, 0.4) is 0 Å². The van der Waals surface area contributed by atoms with Gasteiger partial charge in [-0.3, -0.25) is 0 Å². The summed E-state index contributed by atoms with van der Waals surface area (Å²) >= 11 is 0. The van der Waals surface area contributed by atoms with Gasteiger partial charge < -0.3 is 14.7 Å². The van der Waals surface area contributed by atoms with E-state index < -0.39 is 0 Å². The summed E-state index contributed by atoms with van der Waals surface area (Å²) in [6.45, 7) is 4.28. The van der Waals surface area contributed by atoms with E-state index in [-0.39, 0.29) is 6.61 Å². The zero-order valence-corrected chi connectivity index (χ0v) is 7.79. The second-order valence-corrected chi connectivity index (χ2v) is 2.56. The molecule has 0 atom stereocenters. The molecule has 3 nitrogen and oxygen atoms in total. The SMILES string of the molecule is C=C/C=C(/OCCCO)N(C)C. The number of nitrogens with zero attached hydrogens (tertiary/aromatic N) is 1. The minimum atomic E-state index is 0.162. The number of ether oxygens (including phenoxy) is 1. The monoisotopic (exact) mass is 171 g/mol. The van der Waals surface area contributed by atoms with Crippen molar-refractivity contribution in [3.8, 4) is 0 Å². The molecule has 0 radical (unpaired) electrons. The molecular formula is C9H17NO2. The standard InChI is InChI=1S/C9H17NO2/c1-4-6-9(10(2)3)12-8-5-7-11/h4,6,11H,1,5,7-8H2,2-3H3/b9-6+. The van der Waals surface area contributed by atoms with Crippen LogP contribution in [0.5, 0.6) is 0 Å². The van der Waals surface area contributed by atoms with Crippen LogP contribution in [0.4, 0.5) is 0 Å². The number of hydrogen-bond donors (Lipinski definition) is 1. The number of aliphatic hydroxyl groups excluding tert-OH is 1. The van der Waals surface area contributed by atoms with Gasteiger partial charge in [0.1, 0.15) is 0 Å². The summed E-state index contributed by atoms with van der Waals surface area (Å²) in [4.78, 5) is 1.86. The van der Waals surface area contributed by atoms with Crippen molar-refractivity contribution in [2.75, 3.05) is 27.3 Å². The van der Waals surface area contributed by atoms with E-state index in [9.17, 15) is 0 Å². The molecule has 0 aliphatic heterocycles. The van der Waals surface area contributed by atoms with Crippen molar-refractivity contribution in [1.82, 2.24) is 4.90 Å². The minimum absolute atomic E-state index is 0.162. The first-order valence-corrected chi connectivity index (χ1v) is 3.96. The minimum Gasteiger partial charge on any atom is -0.479 e. The van der Waals surface area contributed by atoms with Gasteiger partial charge in [-0.25, -0.2) is 0 Å². The molecule has 70 valence electrons. The highest BCUT2D eigenvalue weighted by Crippen LogP contribution is 2.01. The normalized spacial score (nSPS) is 11.1. The molecule has 0 unspecified atom stereocenters. The Morgan fingerprint density at radius 1 is 1.58 bits per heavy atom. The average Bonchev–Trinajstić information content (AvgIpc) is 2.03. The fourth-order valence-corrected chi connectivity index (χ4v) is 0.668. The maximum Gasteiger partial charge on any atom is 0.188 e. The van der Waals surface area contributed by atoms with E-state index in [1.165, 1.54) is 0 Å². The van der Waals surface area contributed by atoms with Crippen molar-refractivity contribution in [3.05, 3.63) is 24.6 Å². The van der Waals surface area contributed by atoms with Gasteiger partial charge in [0.05, 0.1) is 6.61 Å². The van der Waals surface area contributed by atoms with Crippen LogP contribution in [0.15, 0.2) is 24.6 Å². The van der Waals surface area contributed by atoms with Crippen LogP contribution in [-0.2, 0) is 4.74 Å². The third-order valence-corrected chi connectivity index (χ3v) is 1.25. The Kier molecular flexibility index (Phi) is 6.19. The first-order valence-electron chi connectivity index (χ1n) is 3.96. The van der Waals surface area contributed by atoms with Crippen LogP contribution < -0.4 is 0 Å². The zero-order chi connectivity index (χ0) is 9.40. The Labute approximate surface area is 73.9 Å². The predicted octanol–water partition coefficient (Wildman–Crippen LogP) is 0.974. The van der Waals surface area contributed by atoms with Crippen LogP contribution in [0.25, 0.3) is 0 Å². The lowest BCUT2D eigenvalue weighted by Gasteiger charge is -2.17. The topological polar surface area (TPSA) is 32.7 Å². The molecule has 0 fully saturated rings. The molecule has 0 aliphatic rings. The lowest BCUT2D eigenvalue weighted by molar-refractivity contribution is 0.124. The smallest absolute Gasteiger partial charge is 0.188 e. The zero-order valence-electron chi connectivity index (χ0n) is 7.79. The molecule has 0 rings (SSSR count). The van der Waals surface area contributed by atoms with Crippen LogP contribution in [0.2, 0.25) is 0 Å². The Balaban J connectivity index is 3.80. The number of hydrogen-bond acceptors (Lipinski definition) is 3. The van der Waals surface area contributed by atoms with E-state index in [1.807, 2.05) is 19.0 Å². The predicted molar refractivity (Wildman–Crippen MR) is 49.6 cm³/mol. The Hall–Kier alpha value is -0.960. The molecule has 0 saturated heterocycles. The van der Waals surface area contributed by atoms with Crippen molar-refractivity contribution in [3.63, 3.8) is 0 Å². The maximum atomic E-state index is 8.51. The largest absolute Gasteiger partial charge is 0.479 e. The van der Waals surface area contributed by atoms with Gasteiger partial charge >= 0.3 is 0 Å². The van der Waals surface area contributed by atoms with Crippen molar-refractivity contribution < 1.29 is 9.84 Å². The summed E-state index contributed by atoms with van der Waals surface area (Å²) in [6.07, 6.45) is 4.12. The molecule has 0 aliphatic carbocycles. The Bertz CT molecular complexity index is 153. The van der Waals surface area contributed by atoms with Gasteiger partial charge in [-0.15, -0.1) is 0 Å². The molecule has 0 bridgehead atoms. The molecule has 0 amide bonds. The molecule has 0 aromatic rings. The second kappa shape index (κ2) is 6.73. The molecule has 0 aromatic carbocycles. The van der Waals surface area contributed by atoms with Crippen molar-refractivity contribution in [2.24, 2.45) is 0 Å². The summed E-state index contributed by atoms with van der Waals surface area (Å²) in [6, 6.07) is 0. The average molecular weight is 171 g/mol. The van der Waals surface area contributed by atoms with E-state index in [2.05, 4.69) is 6.58 Å². The van der Waals surface area contributed by atoms with Crippen LogP contribution in [0.1, 0.15) is 6.42 Å². The molecule has 0 spiro atoms. The molecule has 12 heavy (non-hydrogen) atoms. The fraction of sp³-hybridized carbons (Fsp3) is 0.556. The van der Waals surface area contributed by atoms with E-state index in [4.69, 9.17) is 9.84 Å². The van der Waals surface area contributed by atoms with Gasteiger partial charge in [0.25, 0.3) is 0 Å². The first-order chi connectivity index (χ1) is 5.72. The lowest BCUT2D eigenvalue weighted by atomic mass is 10.5. The van der Waals surface area contributed by atoms with E-state index in [0.29, 0.717) is 13.0 Å². The summed E-state index contributed by atoms with van der Waals surface area (Å²) in [7, 11) is 3.79. The van der Waals surface area contributed by atoms with Gasteiger partial charge in [0, 0.05) is 27.1 Å². The van der Waals surface area contributed by atoms with Crippen LogP contribution in [0, 0.1) is 0 Å². The van der Waals surface area contributed by atoms with Gasteiger partial charge in [-0.05, 0) is 6.08 Å². The van der Waals surface area contributed by atoms with E-state index >= 15 is 0 Å². The highest BCUT2D eigenvalue weighted by molar-refractivity contribution is 5.02. The van der Waals surface area contributed by atoms with Crippen molar-refractivity contribution in [1.29, 1.82) is 0 Å². The number of aliphatic hydroxyl groups is 1. The highest BCUT2D eigenvalue weighted by atomic mass is 16.5. The summed E-state index contributed by atoms with van der Waals surface area (Å²) in [5.41, 5.74) is 0. The van der Waals surface area contributed by atoms with Crippen molar-refractivity contribution >= 4 is 0 Å². The molecular weight excluding hydrogens is 154 g/mol. The quantitative estimate of drug-likeness (QED) is 0.367. The van der Waals surface area contributed by atoms with Crippen LogP contribution in [-0.4, -0.2) is 37.3 Å². The summed E-state index contributed by atoms with van der Waals surface area (Å²) in [5, 5.41) is 8.51. The fourth-order valence-electron chi connectivity index (χ4n) is 0.668. The van der Waals surface area contributed by atoms with E-state index in [1.54, 1.807) is 12.2 Å². The molecule has 3 heteroatoms. The van der Waals surface area contributed by atoms with Gasteiger partial charge in [-0.1, -0.05) is 12.7 Å². The number of allylic oxidation sites excluding steroid dienone is 2. The third-order valence-electron chi connectivity index (χ3n) is 1.25. The summed E-state index contributed by atoms with van der Waals surface area (Å²) in [5.74, 6) is 0.762. The van der Waals surface area contributed by atoms with Crippen LogP contribution >= 0.6 is 0 Å². The molecule has 0 heterocycles. The lowest BCUT2D eigenvalue weighted by Crippen LogP contribution is -2.14. The van der Waals surface area contributed by atoms with E-state index in [0.717, 1.165) is 5.88 Å². The first kappa shape index (κ1) is 11.0. The number of rotatable bonds is 6. The Morgan fingerprint density at radius 2 is 2.25 bits per heavy atom. The van der Waals surface area contributed by atoms with Crippen molar-refractivity contribution in [2.45, 2.75) is 6.42 Å².